The van der Waals surface area contributed by atoms with E-state index in [0.717, 1.165) is 5.69 Å². The van der Waals surface area contributed by atoms with E-state index in [0.29, 0.717) is 11.7 Å². The molecule has 0 aliphatic carbocycles. The zero-order valence-corrected chi connectivity index (χ0v) is 11.3. The van der Waals surface area contributed by atoms with Crippen LogP contribution in [0.1, 0.15) is 33.4 Å². The number of pyridine rings is 1. The van der Waals surface area contributed by atoms with Crippen molar-refractivity contribution in [3.05, 3.63) is 24.0 Å². The molecule has 1 rings (SSSR count). The molecule has 4 heteroatoms. The lowest BCUT2D eigenvalue weighted by Gasteiger charge is -2.37. The average molecular weight is 234 g/mol. The third kappa shape index (κ3) is 2.96. The van der Waals surface area contributed by atoms with Gasteiger partial charge < -0.3 is 10.6 Å². The van der Waals surface area contributed by atoms with Gasteiger partial charge in [-0.25, -0.2) is 0 Å². The maximum absolute atomic E-state index is 7.56. The maximum Gasteiger partial charge on any atom is 0.143 e. The van der Waals surface area contributed by atoms with E-state index in [2.05, 4.69) is 37.6 Å². The van der Waals surface area contributed by atoms with Gasteiger partial charge in [0.05, 0.1) is 5.69 Å². The number of rotatable bonds is 3. The summed E-state index contributed by atoms with van der Waals surface area (Å²) in [5, 5.41) is 7.56. The molecule has 1 unspecified atom stereocenters. The monoisotopic (exact) mass is 234 g/mol. The van der Waals surface area contributed by atoms with Crippen molar-refractivity contribution in [1.82, 2.24) is 4.98 Å². The van der Waals surface area contributed by atoms with Gasteiger partial charge in [-0.15, -0.1) is 0 Å². The molecule has 0 saturated carbocycles. The molecule has 0 saturated heterocycles. The third-order valence-electron chi connectivity index (χ3n) is 3.26. The second kappa shape index (κ2) is 4.73. The normalized spacial score (nSPS) is 13.2. The Bertz CT molecular complexity index is 406. The van der Waals surface area contributed by atoms with E-state index < -0.39 is 0 Å². The molecule has 4 nitrogen and oxygen atoms in total. The molecule has 94 valence electrons. The van der Waals surface area contributed by atoms with Crippen LogP contribution in [0, 0.1) is 10.8 Å². The van der Waals surface area contributed by atoms with Crippen molar-refractivity contribution in [3.63, 3.8) is 0 Å². The van der Waals surface area contributed by atoms with Crippen molar-refractivity contribution in [1.29, 1.82) is 5.41 Å². The summed E-state index contributed by atoms with van der Waals surface area (Å²) in [6.45, 7) is 8.74. The van der Waals surface area contributed by atoms with Gasteiger partial charge >= 0.3 is 0 Å². The van der Waals surface area contributed by atoms with E-state index in [1.54, 1.807) is 6.20 Å². The Labute approximate surface area is 103 Å². The van der Waals surface area contributed by atoms with Crippen LogP contribution in [0.15, 0.2) is 18.3 Å². The first-order valence-electron chi connectivity index (χ1n) is 5.77. The number of nitrogens with one attached hydrogen (secondary N) is 1. The Hall–Kier alpha value is -1.58. The standard InChI is InChI=1S/C13H22N4/c1-9(13(2,3)4)17(5)10-7-6-8-16-11(10)12(14)15/h6-9H,1-5H3,(H3,14,15). The Kier molecular flexibility index (Phi) is 3.76. The van der Waals surface area contributed by atoms with Crippen LogP contribution in [-0.4, -0.2) is 23.9 Å². The van der Waals surface area contributed by atoms with Gasteiger partial charge in [0.15, 0.2) is 0 Å². The van der Waals surface area contributed by atoms with Crippen LogP contribution in [-0.2, 0) is 0 Å². The lowest BCUT2D eigenvalue weighted by molar-refractivity contribution is 0.329. The SMILES string of the molecule is CC(N(C)c1cccnc1C(=N)N)C(C)(C)C. The quantitative estimate of drug-likeness (QED) is 0.622. The van der Waals surface area contributed by atoms with Crippen LogP contribution in [0.3, 0.4) is 0 Å². The van der Waals surface area contributed by atoms with E-state index in [4.69, 9.17) is 11.1 Å². The molecule has 0 spiro atoms. The van der Waals surface area contributed by atoms with Crippen molar-refractivity contribution in [2.75, 3.05) is 11.9 Å². The van der Waals surface area contributed by atoms with Gasteiger partial charge in [0, 0.05) is 19.3 Å². The van der Waals surface area contributed by atoms with Gasteiger partial charge in [-0.1, -0.05) is 20.8 Å². The minimum Gasteiger partial charge on any atom is -0.382 e. The van der Waals surface area contributed by atoms with E-state index in [1.807, 2.05) is 19.2 Å². The average Bonchev–Trinajstić information content (AvgIpc) is 2.25. The van der Waals surface area contributed by atoms with Gasteiger partial charge in [-0.3, -0.25) is 10.4 Å². The molecule has 0 aliphatic rings. The lowest BCUT2D eigenvalue weighted by Crippen LogP contribution is -2.40. The molecule has 0 aliphatic heterocycles. The molecular formula is C13H22N4. The minimum atomic E-state index is 0.00793. The van der Waals surface area contributed by atoms with E-state index in [-0.39, 0.29) is 11.3 Å². The number of aromatic nitrogens is 1. The number of hydrogen-bond donors (Lipinski definition) is 2. The van der Waals surface area contributed by atoms with Crippen LogP contribution in [0.2, 0.25) is 0 Å². The highest BCUT2D eigenvalue weighted by Crippen LogP contribution is 2.28. The zero-order valence-electron chi connectivity index (χ0n) is 11.3. The fourth-order valence-electron chi connectivity index (χ4n) is 1.68. The molecule has 1 atom stereocenters. The summed E-state index contributed by atoms with van der Waals surface area (Å²) < 4.78 is 0. The number of hydrogen-bond acceptors (Lipinski definition) is 3. The minimum absolute atomic E-state index is 0.00793. The van der Waals surface area contributed by atoms with Crippen LogP contribution in [0.5, 0.6) is 0 Å². The van der Waals surface area contributed by atoms with Crippen molar-refractivity contribution in [2.45, 2.75) is 33.7 Å². The number of nitrogens with zero attached hydrogens (tertiary/aromatic N) is 2. The highest BCUT2D eigenvalue weighted by molar-refractivity contribution is 5.98. The van der Waals surface area contributed by atoms with Crippen molar-refractivity contribution >= 4 is 11.5 Å². The fraction of sp³-hybridized carbons (Fsp3) is 0.538. The van der Waals surface area contributed by atoms with Crippen LogP contribution < -0.4 is 10.6 Å². The Morgan fingerprint density at radius 2 is 2.06 bits per heavy atom. The molecule has 0 fully saturated rings. The number of nitrogens with two attached hydrogens (primary N) is 1. The van der Waals surface area contributed by atoms with Crippen molar-refractivity contribution in [3.8, 4) is 0 Å². The van der Waals surface area contributed by atoms with Gasteiger partial charge in [-0.2, -0.15) is 0 Å². The summed E-state index contributed by atoms with van der Waals surface area (Å²) in [5.74, 6) is 0.00793. The molecule has 0 radical (unpaired) electrons. The largest absolute Gasteiger partial charge is 0.382 e. The predicted molar refractivity (Wildman–Crippen MR) is 72.6 cm³/mol. The third-order valence-corrected chi connectivity index (χ3v) is 3.26. The number of nitrogen functional groups attached to an aromatic ring is 1. The molecule has 0 aromatic carbocycles. The molecule has 17 heavy (non-hydrogen) atoms. The molecule has 0 amide bonds. The summed E-state index contributed by atoms with van der Waals surface area (Å²) in [4.78, 5) is 6.30. The molecule has 3 N–H and O–H groups in total. The summed E-state index contributed by atoms with van der Waals surface area (Å²) in [6, 6.07) is 4.14. The second-order valence-corrected chi connectivity index (χ2v) is 5.44. The Morgan fingerprint density at radius 3 is 2.53 bits per heavy atom. The van der Waals surface area contributed by atoms with E-state index >= 15 is 0 Å². The van der Waals surface area contributed by atoms with Crippen LogP contribution in [0.25, 0.3) is 0 Å². The smallest absolute Gasteiger partial charge is 0.143 e. The summed E-state index contributed by atoms with van der Waals surface area (Å²) in [6.07, 6.45) is 1.66. The van der Waals surface area contributed by atoms with Gasteiger partial charge in [0.2, 0.25) is 0 Å². The lowest BCUT2D eigenvalue weighted by atomic mass is 9.87. The van der Waals surface area contributed by atoms with Gasteiger partial charge in [0.25, 0.3) is 0 Å². The number of anilines is 1. The topological polar surface area (TPSA) is 66.0 Å². The second-order valence-electron chi connectivity index (χ2n) is 5.44. The first-order valence-corrected chi connectivity index (χ1v) is 5.77. The predicted octanol–water partition coefficient (Wildman–Crippen LogP) is 2.24. The molecule has 1 heterocycles. The highest BCUT2D eigenvalue weighted by Gasteiger charge is 2.25. The fourth-order valence-corrected chi connectivity index (χ4v) is 1.68. The first kappa shape index (κ1) is 13.5. The number of amidine groups is 1. The highest BCUT2D eigenvalue weighted by atomic mass is 15.2. The van der Waals surface area contributed by atoms with E-state index in [1.165, 1.54) is 0 Å². The molecular weight excluding hydrogens is 212 g/mol. The molecule has 1 aromatic heterocycles. The van der Waals surface area contributed by atoms with E-state index in [9.17, 15) is 0 Å². The van der Waals surface area contributed by atoms with Crippen molar-refractivity contribution in [2.24, 2.45) is 11.1 Å². The Morgan fingerprint density at radius 1 is 1.47 bits per heavy atom. The summed E-state index contributed by atoms with van der Waals surface area (Å²) >= 11 is 0. The molecule has 1 aromatic rings. The first-order chi connectivity index (χ1) is 7.75. The zero-order chi connectivity index (χ0) is 13.2. The van der Waals surface area contributed by atoms with Crippen molar-refractivity contribution < 1.29 is 0 Å². The Balaban J connectivity index is 3.12. The van der Waals surface area contributed by atoms with Gasteiger partial charge in [-0.05, 0) is 24.5 Å². The summed E-state index contributed by atoms with van der Waals surface area (Å²) in [5.41, 5.74) is 7.16. The van der Waals surface area contributed by atoms with Crippen LogP contribution in [0.4, 0.5) is 5.69 Å². The van der Waals surface area contributed by atoms with Gasteiger partial charge in [0.1, 0.15) is 11.5 Å². The maximum atomic E-state index is 7.56. The molecule has 0 bridgehead atoms. The van der Waals surface area contributed by atoms with Crippen LogP contribution >= 0.6 is 0 Å². The summed E-state index contributed by atoms with van der Waals surface area (Å²) in [7, 11) is 2.01.